The van der Waals surface area contributed by atoms with Crippen LogP contribution in [0, 0.1) is 17.2 Å². The van der Waals surface area contributed by atoms with Crippen molar-refractivity contribution < 1.29 is 4.74 Å². The Balaban J connectivity index is 1.59. The molecule has 23 heavy (non-hydrogen) atoms. The summed E-state index contributed by atoms with van der Waals surface area (Å²) in [6.07, 6.45) is 4.28. The molecule has 0 aromatic carbocycles. The minimum atomic E-state index is 0.476. The van der Waals surface area contributed by atoms with E-state index in [1.807, 2.05) is 6.07 Å². The molecule has 0 radical (unpaired) electrons. The fourth-order valence-electron chi connectivity index (χ4n) is 2.70. The maximum absolute atomic E-state index is 9.09. The van der Waals surface area contributed by atoms with E-state index < -0.39 is 0 Å². The van der Waals surface area contributed by atoms with Gasteiger partial charge in [-0.3, -0.25) is 0 Å². The Labute approximate surface area is 135 Å². The highest BCUT2D eigenvalue weighted by Gasteiger charge is 2.24. The van der Waals surface area contributed by atoms with Crippen molar-refractivity contribution in [3.05, 3.63) is 36.3 Å². The molecule has 1 aliphatic heterocycles. The van der Waals surface area contributed by atoms with E-state index in [1.165, 1.54) is 6.33 Å². The number of anilines is 2. The molecule has 0 saturated carbocycles. The zero-order chi connectivity index (χ0) is 16.1. The molecule has 0 amide bonds. The molecule has 3 rings (SSSR count). The van der Waals surface area contributed by atoms with E-state index in [4.69, 9.17) is 10.00 Å². The lowest BCUT2D eigenvalue weighted by atomic mass is 10.1. The summed E-state index contributed by atoms with van der Waals surface area (Å²) in [7, 11) is 1.60. The van der Waals surface area contributed by atoms with Crippen LogP contribution in [-0.2, 0) is 0 Å². The lowest BCUT2D eigenvalue weighted by molar-refractivity contribution is 0.397. The maximum Gasteiger partial charge on any atom is 0.218 e. The van der Waals surface area contributed by atoms with Crippen molar-refractivity contribution in [2.75, 3.05) is 37.0 Å². The Morgan fingerprint density at radius 2 is 2.35 bits per heavy atom. The molecule has 2 aromatic rings. The van der Waals surface area contributed by atoms with Gasteiger partial charge in [-0.05, 0) is 24.5 Å². The number of pyridine rings is 1. The lowest BCUT2D eigenvalue weighted by Gasteiger charge is -2.18. The fourth-order valence-corrected chi connectivity index (χ4v) is 2.70. The highest BCUT2D eigenvalue weighted by Crippen LogP contribution is 2.24. The molecule has 0 aliphatic carbocycles. The van der Waals surface area contributed by atoms with Gasteiger partial charge in [0.05, 0.1) is 12.7 Å². The van der Waals surface area contributed by atoms with Gasteiger partial charge in [-0.15, -0.1) is 0 Å². The summed E-state index contributed by atoms with van der Waals surface area (Å²) in [4.78, 5) is 14.8. The van der Waals surface area contributed by atoms with E-state index in [2.05, 4.69) is 31.2 Å². The molecule has 0 bridgehead atoms. The van der Waals surface area contributed by atoms with Crippen LogP contribution < -0.4 is 15.0 Å². The van der Waals surface area contributed by atoms with Gasteiger partial charge in [-0.25, -0.2) is 15.0 Å². The summed E-state index contributed by atoms with van der Waals surface area (Å²) in [5.74, 6) is 2.58. The first-order chi connectivity index (χ1) is 11.3. The average molecular weight is 310 g/mol. The number of nitriles is 1. The first kappa shape index (κ1) is 15.0. The Hall–Kier alpha value is -2.88. The predicted molar refractivity (Wildman–Crippen MR) is 86.3 cm³/mol. The largest absolute Gasteiger partial charge is 0.481 e. The van der Waals surface area contributed by atoms with Crippen LogP contribution in [0.1, 0.15) is 12.0 Å². The van der Waals surface area contributed by atoms with E-state index in [9.17, 15) is 0 Å². The summed E-state index contributed by atoms with van der Waals surface area (Å²) in [6.45, 7) is 2.63. The first-order valence-electron chi connectivity index (χ1n) is 7.50. The van der Waals surface area contributed by atoms with Gasteiger partial charge in [0.1, 0.15) is 24.0 Å². The fraction of sp³-hybridized carbons (Fsp3) is 0.375. The smallest absolute Gasteiger partial charge is 0.218 e. The lowest BCUT2D eigenvalue weighted by Crippen LogP contribution is -2.23. The molecule has 1 atom stereocenters. The molecule has 2 aromatic heterocycles. The Morgan fingerprint density at radius 1 is 1.43 bits per heavy atom. The minimum absolute atomic E-state index is 0.476. The van der Waals surface area contributed by atoms with Crippen molar-refractivity contribution in [1.82, 2.24) is 15.0 Å². The number of hydrogen-bond acceptors (Lipinski definition) is 7. The number of ether oxygens (including phenoxy) is 1. The van der Waals surface area contributed by atoms with E-state index >= 15 is 0 Å². The standard InChI is InChI=1S/C16H18N6O/c1-23-15-7-14(20-11-21-15)22-6-4-12(10-22)9-19-16-13(8-17)3-2-5-18-16/h2-3,5,7,11-12H,4,6,9-10H2,1H3,(H,18,19). The molecule has 1 aliphatic rings. The first-order valence-corrected chi connectivity index (χ1v) is 7.50. The van der Waals surface area contributed by atoms with E-state index in [1.54, 1.807) is 25.4 Å². The number of nitrogens with one attached hydrogen (secondary N) is 1. The van der Waals surface area contributed by atoms with Crippen LogP contribution in [0.5, 0.6) is 5.88 Å². The van der Waals surface area contributed by atoms with Crippen LogP contribution in [-0.4, -0.2) is 41.7 Å². The van der Waals surface area contributed by atoms with Crippen molar-refractivity contribution in [1.29, 1.82) is 5.26 Å². The van der Waals surface area contributed by atoms with E-state index in [0.29, 0.717) is 23.2 Å². The molecule has 1 saturated heterocycles. The topological polar surface area (TPSA) is 87.0 Å². The van der Waals surface area contributed by atoms with Gasteiger partial charge < -0.3 is 15.0 Å². The molecule has 3 heterocycles. The average Bonchev–Trinajstić information content (AvgIpc) is 3.09. The van der Waals surface area contributed by atoms with E-state index in [0.717, 1.165) is 31.9 Å². The molecule has 1 fully saturated rings. The number of hydrogen-bond donors (Lipinski definition) is 1. The quantitative estimate of drug-likeness (QED) is 0.899. The number of nitrogens with zero attached hydrogens (tertiary/aromatic N) is 5. The van der Waals surface area contributed by atoms with Gasteiger partial charge in [-0.2, -0.15) is 5.26 Å². The Morgan fingerprint density at radius 3 is 3.17 bits per heavy atom. The molecule has 0 spiro atoms. The van der Waals surface area contributed by atoms with Crippen LogP contribution in [0.2, 0.25) is 0 Å². The third kappa shape index (κ3) is 3.48. The van der Waals surface area contributed by atoms with Gasteiger partial charge in [-0.1, -0.05) is 0 Å². The molecule has 1 N–H and O–H groups in total. The van der Waals surface area contributed by atoms with Crippen molar-refractivity contribution in [3.8, 4) is 11.9 Å². The van der Waals surface area contributed by atoms with E-state index in [-0.39, 0.29) is 0 Å². The second kappa shape index (κ2) is 6.92. The van der Waals surface area contributed by atoms with Gasteiger partial charge in [0.15, 0.2) is 0 Å². The molecular formula is C16H18N6O. The van der Waals surface area contributed by atoms with Gasteiger partial charge in [0, 0.05) is 31.9 Å². The second-order valence-electron chi connectivity index (χ2n) is 5.41. The summed E-state index contributed by atoms with van der Waals surface area (Å²) in [5, 5.41) is 12.4. The van der Waals surface area contributed by atoms with Crippen molar-refractivity contribution in [3.63, 3.8) is 0 Å². The molecule has 1 unspecified atom stereocenters. The Bertz CT molecular complexity index is 714. The van der Waals surface area contributed by atoms with Crippen LogP contribution in [0.4, 0.5) is 11.6 Å². The summed E-state index contributed by atoms with van der Waals surface area (Å²) in [5.41, 5.74) is 0.572. The summed E-state index contributed by atoms with van der Waals surface area (Å²) in [6, 6.07) is 7.54. The van der Waals surface area contributed by atoms with Crippen LogP contribution in [0.3, 0.4) is 0 Å². The second-order valence-corrected chi connectivity index (χ2v) is 5.41. The van der Waals surface area contributed by atoms with Crippen molar-refractivity contribution in [2.24, 2.45) is 5.92 Å². The molecule has 118 valence electrons. The highest BCUT2D eigenvalue weighted by atomic mass is 16.5. The third-order valence-corrected chi connectivity index (χ3v) is 3.93. The predicted octanol–water partition coefficient (Wildman–Crippen LogP) is 1.69. The zero-order valence-electron chi connectivity index (χ0n) is 12.9. The van der Waals surface area contributed by atoms with Gasteiger partial charge in [0.25, 0.3) is 0 Å². The summed E-state index contributed by atoms with van der Waals surface area (Å²) < 4.78 is 5.14. The van der Waals surface area contributed by atoms with Crippen LogP contribution >= 0.6 is 0 Å². The van der Waals surface area contributed by atoms with Gasteiger partial charge in [0.2, 0.25) is 5.88 Å². The minimum Gasteiger partial charge on any atom is -0.481 e. The zero-order valence-corrected chi connectivity index (χ0v) is 12.9. The van der Waals surface area contributed by atoms with Crippen LogP contribution in [0.15, 0.2) is 30.7 Å². The molecule has 7 heteroatoms. The SMILES string of the molecule is COc1cc(N2CCC(CNc3ncccc3C#N)C2)ncn1. The van der Waals surface area contributed by atoms with Crippen LogP contribution in [0.25, 0.3) is 0 Å². The normalized spacial score (nSPS) is 16.9. The third-order valence-electron chi connectivity index (χ3n) is 3.93. The molecule has 7 nitrogen and oxygen atoms in total. The Kier molecular flexibility index (Phi) is 4.52. The maximum atomic E-state index is 9.09. The highest BCUT2D eigenvalue weighted by molar-refractivity contribution is 5.51. The number of aromatic nitrogens is 3. The van der Waals surface area contributed by atoms with Crippen molar-refractivity contribution >= 4 is 11.6 Å². The molecular weight excluding hydrogens is 292 g/mol. The number of methoxy groups -OCH3 is 1. The number of rotatable bonds is 5. The van der Waals surface area contributed by atoms with Crippen molar-refractivity contribution in [2.45, 2.75) is 6.42 Å². The van der Waals surface area contributed by atoms with Gasteiger partial charge >= 0.3 is 0 Å². The monoisotopic (exact) mass is 310 g/mol. The summed E-state index contributed by atoms with van der Waals surface area (Å²) >= 11 is 0.